The first kappa shape index (κ1) is 20.0. The average molecular weight is 368 g/mol. The molecule has 2 rings (SSSR count). The van der Waals surface area contributed by atoms with Crippen molar-refractivity contribution in [1.29, 1.82) is 0 Å². The van der Waals surface area contributed by atoms with Crippen molar-refractivity contribution in [3.8, 4) is 0 Å². The van der Waals surface area contributed by atoms with Crippen molar-refractivity contribution in [3.05, 3.63) is 84.1 Å². The van der Waals surface area contributed by atoms with Gasteiger partial charge >= 0.3 is 6.09 Å². The minimum atomic E-state index is -0.756. The van der Waals surface area contributed by atoms with Crippen molar-refractivity contribution >= 4 is 12.0 Å². The van der Waals surface area contributed by atoms with Gasteiger partial charge in [-0.2, -0.15) is 0 Å². The number of amides is 2. The van der Waals surface area contributed by atoms with E-state index in [4.69, 9.17) is 9.84 Å². The van der Waals surface area contributed by atoms with Gasteiger partial charge in [0.25, 0.3) is 0 Å². The van der Waals surface area contributed by atoms with Gasteiger partial charge in [0.2, 0.25) is 5.91 Å². The van der Waals surface area contributed by atoms with E-state index in [0.29, 0.717) is 19.4 Å². The van der Waals surface area contributed by atoms with E-state index in [1.165, 1.54) is 6.08 Å². The van der Waals surface area contributed by atoms with Gasteiger partial charge in [-0.1, -0.05) is 60.7 Å². The van der Waals surface area contributed by atoms with Crippen molar-refractivity contribution in [2.24, 2.45) is 0 Å². The zero-order chi connectivity index (χ0) is 19.3. The number of ether oxygens (including phenoxy) is 1. The number of alkyl carbamates (subject to hydrolysis) is 1. The second kappa shape index (κ2) is 11.4. The molecule has 2 amide bonds. The maximum atomic E-state index is 12.5. The second-order valence-corrected chi connectivity index (χ2v) is 5.91. The maximum absolute atomic E-state index is 12.5. The third kappa shape index (κ3) is 7.64. The molecule has 1 unspecified atom stereocenters. The zero-order valence-electron chi connectivity index (χ0n) is 15.0. The zero-order valence-corrected chi connectivity index (χ0v) is 15.0. The summed E-state index contributed by atoms with van der Waals surface area (Å²) in [5.41, 5.74) is 1.80. The number of hydrogen-bond donors (Lipinski definition) is 3. The van der Waals surface area contributed by atoms with Crippen LogP contribution in [0.1, 0.15) is 17.5 Å². The average Bonchev–Trinajstić information content (AvgIpc) is 2.70. The number of rotatable bonds is 9. The van der Waals surface area contributed by atoms with E-state index in [9.17, 15) is 9.59 Å². The van der Waals surface area contributed by atoms with Gasteiger partial charge < -0.3 is 20.5 Å². The van der Waals surface area contributed by atoms with Crippen LogP contribution >= 0.6 is 0 Å². The molecule has 0 aliphatic heterocycles. The molecule has 0 spiro atoms. The lowest BCUT2D eigenvalue weighted by Gasteiger charge is -2.18. The quantitative estimate of drug-likeness (QED) is 0.469. The molecule has 1 atom stereocenters. The van der Waals surface area contributed by atoms with Gasteiger partial charge in [-0.25, -0.2) is 4.79 Å². The Hall–Kier alpha value is -3.28. The number of aliphatic hydroxyl groups excluding tert-OH is 1. The van der Waals surface area contributed by atoms with E-state index < -0.39 is 12.1 Å². The highest BCUT2D eigenvalue weighted by molar-refractivity contribution is 5.85. The van der Waals surface area contributed by atoms with Crippen LogP contribution in [0.5, 0.6) is 0 Å². The monoisotopic (exact) mass is 368 g/mol. The number of carbonyl (C=O) groups is 2. The molecule has 2 aromatic carbocycles. The minimum Gasteiger partial charge on any atom is -0.516 e. The fourth-order valence-corrected chi connectivity index (χ4v) is 2.44. The first-order valence-electron chi connectivity index (χ1n) is 8.77. The van der Waals surface area contributed by atoms with Crippen LogP contribution in [0.4, 0.5) is 4.79 Å². The Kier molecular flexibility index (Phi) is 8.43. The summed E-state index contributed by atoms with van der Waals surface area (Å²) in [6, 6.07) is 18.0. The lowest BCUT2D eigenvalue weighted by atomic mass is 10.1. The molecule has 3 N–H and O–H groups in total. The summed E-state index contributed by atoms with van der Waals surface area (Å²) in [6.07, 6.45) is 2.67. The van der Waals surface area contributed by atoms with E-state index in [1.807, 2.05) is 60.7 Å². The van der Waals surface area contributed by atoms with Crippen molar-refractivity contribution in [2.45, 2.75) is 25.5 Å². The number of aliphatic hydroxyl groups is 1. The van der Waals surface area contributed by atoms with E-state index in [0.717, 1.165) is 17.4 Å². The molecule has 6 heteroatoms. The van der Waals surface area contributed by atoms with E-state index >= 15 is 0 Å². The van der Waals surface area contributed by atoms with Crippen molar-refractivity contribution in [3.63, 3.8) is 0 Å². The Morgan fingerprint density at radius 3 is 2.26 bits per heavy atom. The molecule has 0 heterocycles. The predicted octanol–water partition coefficient (Wildman–Crippen LogP) is 3.10. The summed E-state index contributed by atoms with van der Waals surface area (Å²) in [4.78, 5) is 24.6. The third-order valence-electron chi connectivity index (χ3n) is 3.82. The van der Waals surface area contributed by atoms with Gasteiger partial charge in [0, 0.05) is 13.0 Å². The summed E-state index contributed by atoms with van der Waals surface area (Å²) < 4.78 is 5.22. The molecule has 142 valence electrons. The highest BCUT2D eigenvalue weighted by atomic mass is 16.5. The van der Waals surface area contributed by atoms with E-state index in [1.54, 1.807) is 0 Å². The summed E-state index contributed by atoms with van der Waals surface area (Å²) in [5.74, 6) is -0.304. The highest BCUT2D eigenvalue weighted by Gasteiger charge is 2.21. The van der Waals surface area contributed by atoms with Crippen LogP contribution in [0.2, 0.25) is 0 Å². The second-order valence-electron chi connectivity index (χ2n) is 5.91. The smallest absolute Gasteiger partial charge is 0.408 e. The summed E-state index contributed by atoms with van der Waals surface area (Å²) >= 11 is 0. The number of nitrogens with one attached hydrogen (secondary N) is 2. The fraction of sp³-hybridized carbons (Fsp3) is 0.238. The third-order valence-corrected chi connectivity index (χ3v) is 3.82. The molecular weight excluding hydrogens is 344 g/mol. The van der Waals surface area contributed by atoms with Crippen molar-refractivity contribution < 1.29 is 19.4 Å². The Bertz CT molecular complexity index is 732. The Morgan fingerprint density at radius 2 is 1.63 bits per heavy atom. The Balaban J connectivity index is 1.93. The summed E-state index contributed by atoms with van der Waals surface area (Å²) in [6.45, 7) is 0.496. The van der Waals surface area contributed by atoms with Crippen LogP contribution < -0.4 is 10.6 Å². The Morgan fingerprint density at radius 1 is 1.00 bits per heavy atom. The molecular formula is C21H24N2O4. The van der Waals surface area contributed by atoms with Crippen LogP contribution in [0.3, 0.4) is 0 Å². The minimum absolute atomic E-state index is 0.133. The fourth-order valence-electron chi connectivity index (χ4n) is 2.44. The largest absolute Gasteiger partial charge is 0.516 e. The molecule has 0 aliphatic carbocycles. The normalized spacial score (nSPS) is 11.7. The van der Waals surface area contributed by atoms with E-state index in [-0.39, 0.29) is 12.5 Å². The highest BCUT2D eigenvalue weighted by Crippen LogP contribution is 2.05. The van der Waals surface area contributed by atoms with Crippen LogP contribution in [0.15, 0.2) is 73.0 Å². The summed E-state index contributed by atoms with van der Waals surface area (Å²) in [5, 5.41) is 14.0. The summed E-state index contributed by atoms with van der Waals surface area (Å²) in [7, 11) is 0. The van der Waals surface area contributed by atoms with Crippen LogP contribution in [-0.4, -0.2) is 29.7 Å². The van der Waals surface area contributed by atoms with Gasteiger partial charge in [-0.05, 0) is 23.6 Å². The molecule has 0 saturated heterocycles. The van der Waals surface area contributed by atoms with Crippen LogP contribution in [0.25, 0.3) is 0 Å². The van der Waals surface area contributed by atoms with Gasteiger partial charge in [0.05, 0.1) is 6.26 Å². The lowest BCUT2D eigenvalue weighted by molar-refractivity contribution is -0.123. The van der Waals surface area contributed by atoms with Gasteiger partial charge in [-0.3, -0.25) is 4.79 Å². The standard InChI is InChI=1S/C21H24N2O4/c24-14-8-7-13-22-20(25)19(15-17-9-3-1-4-10-17)23-21(26)27-16-18-11-5-2-6-12-18/h1-6,8-12,14,19,24H,7,13,15-16H2,(H,22,25)(H,23,26). The number of hydrogen-bond acceptors (Lipinski definition) is 4. The predicted molar refractivity (Wildman–Crippen MR) is 103 cm³/mol. The molecule has 0 saturated carbocycles. The van der Waals surface area contributed by atoms with Crippen LogP contribution in [-0.2, 0) is 22.6 Å². The molecule has 0 radical (unpaired) electrons. The number of carbonyl (C=O) groups excluding carboxylic acids is 2. The number of benzene rings is 2. The lowest BCUT2D eigenvalue weighted by Crippen LogP contribution is -2.48. The first-order chi connectivity index (χ1) is 13.2. The molecule has 27 heavy (non-hydrogen) atoms. The van der Waals surface area contributed by atoms with Gasteiger partial charge in [-0.15, -0.1) is 0 Å². The van der Waals surface area contributed by atoms with Crippen LogP contribution in [0, 0.1) is 0 Å². The first-order valence-corrected chi connectivity index (χ1v) is 8.77. The molecule has 0 bridgehead atoms. The molecule has 6 nitrogen and oxygen atoms in total. The molecule has 0 aliphatic rings. The maximum Gasteiger partial charge on any atom is 0.408 e. The van der Waals surface area contributed by atoms with Gasteiger partial charge in [0.15, 0.2) is 0 Å². The van der Waals surface area contributed by atoms with Crippen molar-refractivity contribution in [2.75, 3.05) is 6.54 Å². The Labute approximate surface area is 158 Å². The van der Waals surface area contributed by atoms with E-state index in [2.05, 4.69) is 10.6 Å². The SMILES string of the molecule is O=C(NC(Cc1ccccc1)C(=O)NCCC=CO)OCc1ccccc1. The molecule has 0 fully saturated rings. The van der Waals surface area contributed by atoms with Gasteiger partial charge in [0.1, 0.15) is 12.6 Å². The molecule has 2 aromatic rings. The molecule has 0 aromatic heterocycles. The topological polar surface area (TPSA) is 87.7 Å². The van der Waals surface area contributed by atoms with Crippen molar-refractivity contribution in [1.82, 2.24) is 10.6 Å².